The van der Waals surface area contributed by atoms with E-state index < -0.39 is 0 Å². The standard InChI is InChI=1S/C16H25ClN2OS/c1-5-9-18-15-7-6-13(17)11-14(15)16(20)19(3)12(2)8-10-21-4/h6-7,11-12,18H,5,8-10H2,1-4H3. The van der Waals surface area contributed by atoms with E-state index >= 15 is 0 Å². The fraction of sp³-hybridized carbons (Fsp3) is 0.562. The third kappa shape index (κ3) is 5.44. The molecule has 1 N–H and O–H groups in total. The summed E-state index contributed by atoms with van der Waals surface area (Å²) in [5.41, 5.74) is 1.50. The van der Waals surface area contributed by atoms with Crippen molar-refractivity contribution in [3.8, 4) is 0 Å². The summed E-state index contributed by atoms with van der Waals surface area (Å²) in [5.74, 6) is 1.07. The monoisotopic (exact) mass is 328 g/mol. The Bertz CT molecular complexity index is 468. The highest BCUT2D eigenvalue weighted by atomic mass is 35.5. The molecule has 0 saturated heterocycles. The maximum Gasteiger partial charge on any atom is 0.255 e. The summed E-state index contributed by atoms with van der Waals surface area (Å²) < 4.78 is 0. The molecule has 0 spiro atoms. The molecule has 5 heteroatoms. The predicted molar refractivity (Wildman–Crippen MR) is 94.8 cm³/mol. The Labute approximate surface area is 137 Å². The number of thioether (sulfide) groups is 1. The van der Waals surface area contributed by atoms with Crippen LogP contribution in [-0.2, 0) is 0 Å². The molecule has 21 heavy (non-hydrogen) atoms. The molecule has 118 valence electrons. The second-order valence-corrected chi connectivity index (χ2v) is 6.59. The molecule has 1 aromatic carbocycles. The molecule has 1 aromatic rings. The van der Waals surface area contributed by atoms with Gasteiger partial charge >= 0.3 is 0 Å². The van der Waals surface area contributed by atoms with Crippen LogP contribution in [0.15, 0.2) is 18.2 Å². The number of amides is 1. The molecule has 0 bridgehead atoms. The van der Waals surface area contributed by atoms with Crippen LogP contribution in [0.25, 0.3) is 0 Å². The zero-order valence-electron chi connectivity index (χ0n) is 13.3. The SMILES string of the molecule is CCCNc1ccc(Cl)cc1C(=O)N(C)C(C)CCSC. The molecule has 0 aromatic heterocycles. The molecular weight excluding hydrogens is 304 g/mol. The Balaban J connectivity index is 2.91. The van der Waals surface area contributed by atoms with E-state index in [9.17, 15) is 4.79 Å². The summed E-state index contributed by atoms with van der Waals surface area (Å²) in [4.78, 5) is 14.5. The van der Waals surface area contributed by atoms with E-state index in [1.807, 2.05) is 19.2 Å². The van der Waals surface area contributed by atoms with Gasteiger partial charge in [0, 0.05) is 30.3 Å². The van der Waals surface area contributed by atoms with E-state index in [-0.39, 0.29) is 11.9 Å². The number of nitrogens with zero attached hydrogens (tertiary/aromatic N) is 1. The van der Waals surface area contributed by atoms with Crippen molar-refractivity contribution in [2.75, 3.05) is 30.9 Å². The fourth-order valence-electron chi connectivity index (χ4n) is 1.98. The molecule has 0 aliphatic carbocycles. The van der Waals surface area contributed by atoms with E-state index in [0.717, 1.165) is 30.8 Å². The normalized spacial score (nSPS) is 12.0. The van der Waals surface area contributed by atoms with Crippen molar-refractivity contribution >= 4 is 35.0 Å². The molecule has 0 aliphatic rings. The topological polar surface area (TPSA) is 32.3 Å². The molecule has 0 heterocycles. The van der Waals surface area contributed by atoms with Crippen LogP contribution in [0.5, 0.6) is 0 Å². The maximum atomic E-state index is 12.7. The van der Waals surface area contributed by atoms with Crippen molar-refractivity contribution in [3.63, 3.8) is 0 Å². The van der Waals surface area contributed by atoms with Gasteiger partial charge in [-0.05, 0) is 50.0 Å². The average molecular weight is 329 g/mol. The minimum Gasteiger partial charge on any atom is -0.384 e. The Morgan fingerprint density at radius 1 is 1.48 bits per heavy atom. The Morgan fingerprint density at radius 3 is 2.81 bits per heavy atom. The van der Waals surface area contributed by atoms with Crippen molar-refractivity contribution in [1.29, 1.82) is 0 Å². The van der Waals surface area contributed by atoms with Crippen molar-refractivity contribution in [3.05, 3.63) is 28.8 Å². The Hall–Kier alpha value is -0.870. The molecule has 0 radical (unpaired) electrons. The molecule has 3 nitrogen and oxygen atoms in total. The summed E-state index contributed by atoms with van der Waals surface area (Å²) >= 11 is 7.86. The fourth-order valence-corrected chi connectivity index (χ4v) is 2.73. The van der Waals surface area contributed by atoms with Crippen LogP contribution in [0.4, 0.5) is 5.69 Å². The molecular formula is C16H25ClN2OS. The lowest BCUT2D eigenvalue weighted by Gasteiger charge is -2.26. The van der Waals surface area contributed by atoms with Crippen LogP contribution in [0.3, 0.4) is 0 Å². The van der Waals surface area contributed by atoms with E-state index in [1.54, 1.807) is 22.7 Å². The van der Waals surface area contributed by atoms with Crippen LogP contribution in [0.2, 0.25) is 5.02 Å². The minimum absolute atomic E-state index is 0.0182. The first kappa shape index (κ1) is 18.2. The van der Waals surface area contributed by atoms with Crippen LogP contribution >= 0.6 is 23.4 Å². The van der Waals surface area contributed by atoms with Gasteiger partial charge in [0.1, 0.15) is 0 Å². The summed E-state index contributed by atoms with van der Waals surface area (Å²) in [6.07, 6.45) is 4.08. The molecule has 0 saturated carbocycles. The number of carbonyl (C=O) groups is 1. The highest BCUT2D eigenvalue weighted by Crippen LogP contribution is 2.23. The second-order valence-electron chi connectivity index (χ2n) is 5.16. The van der Waals surface area contributed by atoms with Gasteiger partial charge in [-0.25, -0.2) is 0 Å². The Kier molecular flexibility index (Phi) is 7.97. The van der Waals surface area contributed by atoms with Crippen molar-refractivity contribution < 1.29 is 4.79 Å². The predicted octanol–water partition coefficient (Wildman–Crippen LogP) is 4.38. The third-order valence-corrected chi connectivity index (χ3v) is 4.38. The van der Waals surface area contributed by atoms with Gasteiger partial charge < -0.3 is 10.2 Å². The minimum atomic E-state index is 0.0182. The third-order valence-electron chi connectivity index (χ3n) is 3.50. The lowest BCUT2D eigenvalue weighted by atomic mass is 10.1. The first-order chi connectivity index (χ1) is 10.0. The largest absolute Gasteiger partial charge is 0.384 e. The van der Waals surface area contributed by atoms with Gasteiger partial charge in [0.2, 0.25) is 0 Å². The van der Waals surface area contributed by atoms with Gasteiger partial charge in [-0.3, -0.25) is 4.79 Å². The zero-order valence-corrected chi connectivity index (χ0v) is 14.9. The van der Waals surface area contributed by atoms with Crippen molar-refractivity contribution in [2.24, 2.45) is 0 Å². The average Bonchev–Trinajstić information content (AvgIpc) is 2.49. The van der Waals surface area contributed by atoms with Gasteiger partial charge in [-0.1, -0.05) is 18.5 Å². The quantitative estimate of drug-likeness (QED) is 0.768. The van der Waals surface area contributed by atoms with Crippen molar-refractivity contribution in [1.82, 2.24) is 4.90 Å². The maximum absolute atomic E-state index is 12.7. The summed E-state index contributed by atoms with van der Waals surface area (Å²) in [6.45, 7) is 5.02. The van der Waals surface area contributed by atoms with Gasteiger partial charge in [0.25, 0.3) is 5.91 Å². The highest BCUT2D eigenvalue weighted by Gasteiger charge is 2.20. The first-order valence-corrected chi connectivity index (χ1v) is 9.08. The van der Waals surface area contributed by atoms with E-state index in [4.69, 9.17) is 11.6 Å². The van der Waals surface area contributed by atoms with Crippen LogP contribution < -0.4 is 5.32 Å². The summed E-state index contributed by atoms with van der Waals surface area (Å²) in [6, 6.07) is 5.65. The van der Waals surface area contributed by atoms with Crippen LogP contribution in [0, 0.1) is 0 Å². The van der Waals surface area contributed by atoms with Crippen molar-refractivity contribution in [2.45, 2.75) is 32.7 Å². The lowest BCUT2D eigenvalue weighted by molar-refractivity contribution is 0.0742. The lowest BCUT2D eigenvalue weighted by Crippen LogP contribution is -2.35. The van der Waals surface area contributed by atoms with Crippen LogP contribution in [-0.4, -0.2) is 42.4 Å². The number of carbonyl (C=O) groups excluding carboxylic acids is 1. The molecule has 1 amide bonds. The first-order valence-electron chi connectivity index (χ1n) is 7.30. The zero-order chi connectivity index (χ0) is 15.8. The number of rotatable bonds is 8. The number of anilines is 1. The van der Waals surface area contributed by atoms with E-state index in [0.29, 0.717) is 10.6 Å². The van der Waals surface area contributed by atoms with E-state index in [2.05, 4.69) is 25.4 Å². The van der Waals surface area contributed by atoms with E-state index in [1.165, 1.54) is 0 Å². The van der Waals surface area contributed by atoms with Crippen LogP contribution in [0.1, 0.15) is 37.0 Å². The smallest absolute Gasteiger partial charge is 0.255 e. The molecule has 0 aliphatic heterocycles. The number of hydrogen-bond donors (Lipinski definition) is 1. The Morgan fingerprint density at radius 2 is 2.19 bits per heavy atom. The number of nitrogens with one attached hydrogen (secondary N) is 1. The summed E-state index contributed by atoms with van der Waals surface area (Å²) in [7, 11) is 1.86. The second kappa shape index (κ2) is 9.21. The highest BCUT2D eigenvalue weighted by molar-refractivity contribution is 7.98. The number of halogens is 1. The number of hydrogen-bond acceptors (Lipinski definition) is 3. The van der Waals surface area contributed by atoms with Gasteiger partial charge in [0.15, 0.2) is 0 Å². The van der Waals surface area contributed by atoms with Gasteiger partial charge in [-0.2, -0.15) is 11.8 Å². The van der Waals surface area contributed by atoms with Gasteiger partial charge in [-0.15, -0.1) is 0 Å². The molecule has 0 fully saturated rings. The number of benzene rings is 1. The molecule has 1 atom stereocenters. The molecule has 1 unspecified atom stereocenters. The molecule has 1 rings (SSSR count). The van der Waals surface area contributed by atoms with Gasteiger partial charge in [0.05, 0.1) is 5.56 Å². The summed E-state index contributed by atoms with van der Waals surface area (Å²) in [5, 5.41) is 3.89.